The van der Waals surface area contributed by atoms with E-state index in [-0.39, 0.29) is 36.2 Å². The molecule has 2 aliphatic rings. The molecule has 0 saturated carbocycles. The van der Waals surface area contributed by atoms with Gasteiger partial charge in [0.1, 0.15) is 11.9 Å². The van der Waals surface area contributed by atoms with E-state index in [1.807, 2.05) is 23.1 Å². The van der Waals surface area contributed by atoms with Gasteiger partial charge in [0.2, 0.25) is 11.8 Å². The van der Waals surface area contributed by atoms with E-state index >= 15 is 0 Å². The Hall–Kier alpha value is -3.68. The summed E-state index contributed by atoms with van der Waals surface area (Å²) in [5, 5.41) is 5.50. The maximum atomic E-state index is 13.4. The Morgan fingerprint density at radius 2 is 1.88 bits per heavy atom. The number of anilines is 1. The summed E-state index contributed by atoms with van der Waals surface area (Å²) >= 11 is 0. The van der Waals surface area contributed by atoms with Crippen LogP contribution in [0.25, 0.3) is 11.0 Å². The first-order valence-corrected chi connectivity index (χ1v) is 11.4. The van der Waals surface area contributed by atoms with Gasteiger partial charge in [-0.3, -0.25) is 14.4 Å². The monoisotopic (exact) mass is 445 g/mol. The lowest BCUT2D eigenvalue weighted by Crippen LogP contribution is -2.45. The Balaban J connectivity index is 1.40. The Morgan fingerprint density at radius 1 is 1.12 bits per heavy atom. The molecule has 0 aliphatic carbocycles. The molecule has 1 saturated heterocycles. The molecule has 33 heavy (non-hydrogen) atoms. The molecule has 8 nitrogen and oxygen atoms in total. The lowest BCUT2D eigenvalue weighted by atomic mass is 10.1. The average Bonchev–Trinajstić information content (AvgIpc) is 3.40. The maximum Gasteiger partial charge on any atom is 0.254 e. The van der Waals surface area contributed by atoms with E-state index in [9.17, 15) is 14.4 Å². The van der Waals surface area contributed by atoms with Gasteiger partial charge in [0.15, 0.2) is 0 Å². The van der Waals surface area contributed by atoms with Crippen molar-refractivity contribution in [3.63, 3.8) is 0 Å². The zero-order valence-electron chi connectivity index (χ0n) is 18.7. The number of imidazole rings is 1. The van der Waals surface area contributed by atoms with Crippen LogP contribution in [-0.4, -0.2) is 44.8 Å². The van der Waals surface area contributed by atoms with Crippen molar-refractivity contribution in [1.29, 1.82) is 0 Å². The quantitative estimate of drug-likeness (QED) is 0.643. The molecule has 2 aliphatic heterocycles. The fourth-order valence-electron chi connectivity index (χ4n) is 4.92. The van der Waals surface area contributed by atoms with E-state index in [0.29, 0.717) is 17.8 Å². The van der Waals surface area contributed by atoms with Crippen LogP contribution in [0.15, 0.2) is 48.5 Å². The molecule has 8 heteroatoms. The molecule has 0 radical (unpaired) electrons. The number of hydrogen-bond donors (Lipinski definition) is 2. The van der Waals surface area contributed by atoms with Crippen molar-refractivity contribution in [2.24, 2.45) is 0 Å². The molecule has 3 heterocycles. The number of benzene rings is 2. The van der Waals surface area contributed by atoms with E-state index in [4.69, 9.17) is 4.98 Å². The second-order valence-electron chi connectivity index (χ2n) is 8.93. The van der Waals surface area contributed by atoms with Gasteiger partial charge in [-0.2, -0.15) is 0 Å². The largest absolute Gasteiger partial charge is 0.340 e. The van der Waals surface area contributed by atoms with Gasteiger partial charge in [-0.15, -0.1) is 0 Å². The third-order valence-corrected chi connectivity index (χ3v) is 6.44. The molecule has 2 atom stereocenters. The Morgan fingerprint density at radius 3 is 2.70 bits per heavy atom. The molecule has 2 N–H and O–H groups in total. The van der Waals surface area contributed by atoms with Crippen molar-refractivity contribution < 1.29 is 14.4 Å². The van der Waals surface area contributed by atoms with Gasteiger partial charge in [0.05, 0.1) is 34.7 Å². The summed E-state index contributed by atoms with van der Waals surface area (Å²) in [5.74, 6) is -0.0294. The lowest BCUT2D eigenvalue weighted by Gasteiger charge is -2.27. The summed E-state index contributed by atoms with van der Waals surface area (Å²) in [7, 11) is 0. The smallest absolute Gasteiger partial charge is 0.254 e. The van der Waals surface area contributed by atoms with E-state index in [1.165, 1.54) is 0 Å². The third kappa shape index (κ3) is 3.75. The van der Waals surface area contributed by atoms with Crippen molar-refractivity contribution in [1.82, 2.24) is 19.8 Å². The van der Waals surface area contributed by atoms with Gasteiger partial charge in [0.25, 0.3) is 5.91 Å². The highest BCUT2D eigenvalue weighted by molar-refractivity contribution is 6.10. The summed E-state index contributed by atoms with van der Waals surface area (Å²) in [6, 6.07) is 13.9. The molecule has 0 spiro atoms. The van der Waals surface area contributed by atoms with Crippen LogP contribution in [0.2, 0.25) is 0 Å². The molecule has 2 aromatic carbocycles. The molecule has 2 unspecified atom stereocenters. The highest BCUT2D eigenvalue weighted by atomic mass is 16.2. The molecule has 1 aromatic heterocycles. The number of nitrogens with one attached hydrogen (secondary N) is 2. The van der Waals surface area contributed by atoms with Crippen LogP contribution in [0, 0.1) is 0 Å². The Bertz CT molecular complexity index is 1250. The fraction of sp³-hybridized carbons (Fsp3) is 0.360. The molecule has 3 amide bonds. The van der Waals surface area contributed by atoms with Gasteiger partial charge < -0.3 is 20.1 Å². The van der Waals surface area contributed by atoms with Crippen LogP contribution in [0.4, 0.5) is 5.69 Å². The first kappa shape index (κ1) is 21.2. The summed E-state index contributed by atoms with van der Waals surface area (Å²) in [6.45, 7) is 4.83. The van der Waals surface area contributed by atoms with Gasteiger partial charge >= 0.3 is 0 Å². The molecular weight excluding hydrogens is 418 g/mol. The number of amides is 3. The van der Waals surface area contributed by atoms with Gasteiger partial charge in [-0.1, -0.05) is 24.3 Å². The van der Waals surface area contributed by atoms with Crippen LogP contribution < -0.4 is 10.6 Å². The summed E-state index contributed by atoms with van der Waals surface area (Å²) in [5.41, 5.74) is 2.81. The van der Waals surface area contributed by atoms with Crippen molar-refractivity contribution in [2.75, 3.05) is 11.9 Å². The van der Waals surface area contributed by atoms with Crippen molar-refractivity contribution in [2.45, 2.75) is 51.2 Å². The number of carbonyl (C=O) groups is 3. The molecule has 170 valence electrons. The number of aromatic nitrogens is 2. The minimum Gasteiger partial charge on any atom is -0.340 e. The molecule has 1 fully saturated rings. The van der Waals surface area contributed by atoms with Crippen LogP contribution in [0.1, 0.15) is 61.4 Å². The number of para-hydroxylation sites is 3. The molecule has 0 bridgehead atoms. The summed E-state index contributed by atoms with van der Waals surface area (Å²) in [4.78, 5) is 45.5. The fourth-order valence-corrected chi connectivity index (χ4v) is 4.92. The lowest BCUT2D eigenvalue weighted by molar-refractivity contribution is -0.134. The second-order valence-corrected chi connectivity index (χ2v) is 8.93. The highest BCUT2D eigenvalue weighted by Gasteiger charge is 2.37. The molecule has 5 rings (SSSR count). The standard InChI is InChI=1S/C25H27N5O3/c1-15(2)30-20-11-6-5-10-18(20)26-23(30)21-12-7-13-29(21)22(31)14-19-25(33)27-17-9-4-3-8-16(17)24(32)28-19/h3-6,8-11,15,19,21H,7,12-14H2,1-2H3,(H,27,33)(H,28,32). The van der Waals surface area contributed by atoms with E-state index in [1.54, 1.807) is 24.3 Å². The minimum atomic E-state index is -0.928. The predicted molar refractivity (Wildman–Crippen MR) is 125 cm³/mol. The third-order valence-electron chi connectivity index (χ3n) is 6.44. The Kier molecular flexibility index (Phi) is 5.36. The zero-order valence-corrected chi connectivity index (χ0v) is 18.7. The average molecular weight is 446 g/mol. The zero-order chi connectivity index (χ0) is 23.1. The van der Waals surface area contributed by atoms with Crippen LogP contribution in [0.3, 0.4) is 0 Å². The van der Waals surface area contributed by atoms with Gasteiger partial charge in [-0.05, 0) is 51.0 Å². The number of carbonyl (C=O) groups excluding carboxylic acids is 3. The first-order valence-electron chi connectivity index (χ1n) is 11.4. The number of nitrogens with zero attached hydrogens (tertiary/aromatic N) is 3. The normalized spacial score (nSPS) is 20.5. The highest BCUT2D eigenvalue weighted by Crippen LogP contribution is 2.35. The minimum absolute atomic E-state index is 0.0933. The van der Waals surface area contributed by atoms with Crippen LogP contribution in [0.5, 0.6) is 0 Å². The van der Waals surface area contributed by atoms with E-state index in [2.05, 4.69) is 35.1 Å². The van der Waals surface area contributed by atoms with Crippen molar-refractivity contribution >= 4 is 34.4 Å². The number of rotatable bonds is 4. The number of hydrogen-bond acceptors (Lipinski definition) is 4. The van der Waals surface area contributed by atoms with Gasteiger partial charge in [0, 0.05) is 12.6 Å². The number of likely N-dealkylation sites (tertiary alicyclic amines) is 1. The molecule has 3 aromatic rings. The summed E-state index contributed by atoms with van der Waals surface area (Å²) in [6.07, 6.45) is 1.59. The van der Waals surface area contributed by atoms with Crippen molar-refractivity contribution in [3.05, 3.63) is 59.9 Å². The SMILES string of the molecule is CC(C)n1c(C2CCCN2C(=O)CC2NC(=O)c3ccccc3NC2=O)nc2ccccc21. The summed E-state index contributed by atoms with van der Waals surface area (Å²) < 4.78 is 2.20. The predicted octanol–water partition coefficient (Wildman–Crippen LogP) is 3.42. The maximum absolute atomic E-state index is 13.4. The van der Waals surface area contributed by atoms with Crippen LogP contribution >= 0.6 is 0 Å². The Labute approximate surface area is 192 Å². The molecular formula is C25H27N5O3. The topological polar surface area (TPSA) is 96.3 Å². The van der Waals surface area contributed by atoms with Crippen LogP contribution in [-0.2, 0) is 9.59 Å². The second kappa shape index (κ2) is 8.35. The van der Waals surface area contributed by atoms with E-state index in [0.717, 1.165) is 29.7 Å². The number of fused-ring (bicyclic) bond motifs is 2. The first-order chi connectivity index (χ1) is 15.9. The van der Waals surface area contributed by atoms with Crippen molar-refractivity contribution in [3.8, 4) is 0 Å². The van der Waals surface area contributed by atoms with Gasteiger partial charge in [-0.25, -0.2) is 4.98 Å². The van der Waals surface area contributed by atoms with E-state index < -0.39 is 6.04 Å².